The van der Waals surface area contributed by atoms with Crippen molar-refractivity contribution in [3.63, 3.8) is 0 Å². The third-order valence-corrected chi connectivity index (χ3v) is 4.83. The van der Waals surface area contributed by atoms with Gasteiger partial charge in [0.25, 0.3) is 0 Å². The molecule has 1 heterocycles. The molecule has 0 saturated heterocycles. The zero-order valence-corrected chi connectivity index (χ0v) is 13.6. The molecule has 1 aliphatic rings. The van der Waals surface area contributed by atoms with E-state index in [1.54, 1.807) is 16.7 Å². The molecule has 26 heavy (non-hydrogen) atoms. The van der Waals surface area contributed by atoms with Gasteiger partial charge in [-0.15, -0.1) is 0 Å². The summed E-state index contributed by atoms with van der Waals surface area (Å²) in [5.41, 5.74) is 0.781. The Bertz CT molecular complexity index is 1000. The van der Waals surface area contributed by atoms with Gasteiger partial charge in [-0.1, -0.05) is 12.5 Å². The van der Waals surface area contributed by atoms with E-state index in [0.29, 0.717) is 17.0 Å². The zero-order chi connectivity index (χ0) is 18.5. The monoisotopic (exact) mass is 360 g/mol. The summed E-state index contributed by atoms with van der Waals surface area (Å²) < 4.78 is 40.9. The smallest absolute Gasteiger partial charge is 0.416 e. The number of fused-ring (bicyclic) bond motifs is 1. The standard InChI is InChI=1S/C19H15F3N2O2/c20-19(21,22)13-7-8-16-15(10-13)23-17(11-3-1-4-11)24(16)14-6-2-5-12(9-14)18(25)26/h2,5-11H,1,3-4H2,(H,25,26). The van der Waals surface area contributed by atoms with Crippen LogP contribution in [0.1, 0.15) is 46.9 Å². The quantitative estimate of drug-likeness (QED) is 0.714. The highest BCUT2D eigenvalue weighted by atomic mass is 19.4. The third kappa shape index (κ3) is 2.73. The van der Waals surface area contributed by atoms with E-state index in [1.807, 2.05) is 0 Å². The molecule has 0 spiro atoms. The molecule has 0 unspecified atom stereocenters. The number of carboxylic acid groups (broad SMARTS) is 1. The van der Waals surface area contributed by atoms with Crippen LogP contribution in [-0.2, 0) is 6.18 Å². The van der Waals surface area contributed by atoms with Crippen LogP contribution in [0.15, 0.2) is 42.5 Å². The summed E-state index contributed by atoms with van der Waals surface area (Å²) in [4.78, 5) is 15.8. The largest absolute Gasteiger partial charge is 0.478 e. The number of benzene rings is 2. The minimum atomic E-state index is -4.43. The Labute approximate surface area is 146 Å². The van der Waals surface area contributed by atoms with Crippen molar-refractivity contribution < 1.29 is 23.1 Å². The summed E-state index contributed by atoms with van der Waals surface area (Å²) in [5.74, 6) is -0.195. The van der Waals surface area contributed by atoms with Crippen LogP contribution in [0.4, 0.5) is 13.2 Å². The first-order valence-corrected chi connectivity index (χ1v) is 8.28. The maximum absolute atomic E-state index is 13.0. The molecule has 1 saturated carbocycles. The number of rotatable bonds is 3. The van der Waals surface area contributed by atoms with E-state index in [9.17, 15) is 23.1 Å². The second kappa shape index (κ2) is 5.86. The molecule has 0 aliphatic heterocycles. The maximum atomic E-state index is 13.0. The summed E-state index contributed by atoms with van der Waals surface area (Å²) in [5, 5.41) is 9.23. The Hall–Kier alpha value is -2.83. The average Bonchev–Trinajstić information content (AvgIpc) is 2.90. The molecule has 0 radical (unpaired) electrons. The number of halogens is 3. The summed E-state index contributed by atoms with van der Waals surface area (Å²) in [6, 6.07) is 9.85. The third-order valence-electron chi connectivity index (χ3n) is 4.83. The van der Waals surface area contributed by atoms with Gasteiger partial charge in [-0.3, -0.25) is 4.57 Å². The molecule has 4 nitrogen and oxygen atoms in total. The number of aromatic carboxylic acids is 1. The number of nitrogens with zero attached hydrogens (tertiary/aromatic N) is 2. The van der Waals surface area contributed by atoms with Crippen LogP contribution in [0, 0.1) is 0 Å². The summed E-state index contributed by atoms with van der Waals surface area (Å²) in [6.07, 6.45) is -1.53. The Morgan fingerprint density at radius 1 is 1.15 bits per heavy atom. The van der Waals surface area contributed by atoms with E-state index < -0.39 is 17.7 Å². The van der Waals surface area contributed by atoms with Crippen LogP contribution >= 0.6 is 0 Å². The lowest BCUT2D eigenvalue weighted by Crippen LogP contribution is -2.15. The number of carbonyl (C=O) groups is 1. The summed E-state index contributed by atoms with van der Waals surface area (Å²) in [7, 11) is 0. The average molecular weight is 360 g/mol. The number of alkyl halides is 3. The lowest BCUT2D eigenvalue weighted by molar-refractivity contribution is -0.137. The molecule has 0 bridgehead atoms. The van der Waals surface area contributed by atoms with Gasteiger partial charge in [0, 0.05) is 11.6 Å². The highest BCUT2D eigenvalue weighted by Gasteiger charge is 2.32. The SMILES string of the molecule is O=C(O)c1cccc(-n2c(C3CCC3)nc3cc(C(F)(F)F)ccc32)c1. The van der Waals surface area contributed by atoms with E-state index in [-0.39, 0.29) is 17.0 Å². The molecule has 3 aromatic rings. The van der Waals surface area contributed by atoms with Crippen molar-refractivity contribution in [1.29, 1.82) is 0 Å². The van der Waals surface area contributed by atoms with Crippen LogP contribution in [0.5, 0.6) is 0 Å². The molecule has 1 aromatic heterocycles. The number of carboxylic acids is 1. The van der Waals surface area contributed by atoms with E-state index >= 15 is 0 Å². The Morgan fingerprint density at radius 3 is 2.54 bits per heavy atom. The number of imidazole rings is 1. The maximum Gasteiger partial charge on any atom is 0.416 e. The van der Waals surface area contributed by atoms with E-state index in [4.69, 9.17) is 0 Å². The van der Waals surface area contributed by atoms with Crippen molar-refractivity contribution in [1.82, 2.24) is 9.55 Å². The van der Waals surface area contributed by atoms with Crippen LogP contribution in [-0.4, -0.2) is 20.6 Å². The second-order valence-electron chi connectivity index (χ2n) is 6.49. The Morgan fingerprint density at radius 2 is 1.92 bits per heavy atom. The fourth-order valence-corrected chi connectivity index (χ4v) is 3.26. The predicted molar refractivity (Wildman–Crippen MR) is 89.6 cm³/mol. The van der Waals surface area contributed by atoms with E-state index in [0.717, 1.165) is 31.4 Å². The van der Waals surface area contributed by atoms with Gasteiger partial charge in [-0.25, -0.2) is 9.78 Å². The fraction of sp³-hybridized carbons (Fsp3) is 0.263. The van der Waals surface area contributed by atoms with Crippen LogP contribution in [0.25, 0.3) is 16.7 Å². The molecule has 4 rings (SSSR count). The van der Waals surface area contributed by atoms with E-state index in [2.05, 4.69) is 4.98 Å². The van der Waals surface area contributed by atoms with Gasteiger partial charge in [0.15, 0.2) is 0 Å². The van der Waals surface area contributed by atoms with E-state index in [1.165, 1.54) is 18.2 Å². The summed E-state index contributed by atoms with van der Waals surface area (Å²) in [6.45, 7) is 0. The molecular weight excluding hydrogens is 345 g/mol. The van der Waals surface area contributed by atoms with Crippen LogP contribution in [0.2, 0.25) is 0 Å². The van der Waals surface area contributed by atoms with Crippen molar-refractivity contribution in [3.05, 3.63) is 59.4 Å². The first kappa shape index (κ1) is 16.6. The topological polar surface area (TPSA) is 55.1 Å². The normalized spacial score (nSPS) is 15.2. The Balaban J connectivity index is 1.94. The predicted octanol–water partition coefficient (Wildman–Crippen LogP) is 5.01. The highest BCUT2D eigenvalue weighted by Crippen LogP contribution is 2.39. The molecular formula is C19H15F3N2O2. The first-order valence-electron chi connectivity index (χ1n) is 8.28. The van der Waals surface area contributed by atoms with Gasteiger partial charge in [-0.2, -0.15) is 13.2 Å². The second-order valence-corrected chi connectivity index (χ2v) is 6.49. The van der Waals surface area contributed by atoms with Gasteiger partial charge in [0.1, 0.15) is 5.82 Å². The van der Waals surface area contributed by atoms with Gasteiger partial charge in [0.2, 0.25) is 0 Å². The zero-order valence-electron chi connectivity index (χ0n) is 13.6. The molecule has 0 atom stereocenters. The van der Waals surface area contributed by atoms with Crippen molar-refractivity contribution in [2.24, 2.45) is 0 Å². The first-order chi connectivity index (χ1) is 12.3. The molecule has 1 fully saturated rings. The molecule has 7 heteroatoms. The fourth-order valence-electron chi connectivity index (χ4n) is 3.26. The molecule has 2 aromatic carbocycles. The van der Waals surface area contributed by atoms with Crippen molar-refractivity contribution in [3.8, 4) is 5.69 Å². The molecule has 1 N–H and O–H groups in total. The van der Waals surface area contributed by atoms with Gasteiger partial charge < -0.3 is 5.11 Å². The number of aromatic nitrogens is 2. The lowest BCUT2D eigenvalue weighted by atomic mass is 9.85. The molecule has 1 aliphatic carbocycles. The highest BCUT2D eigenvalue weighted by molar-refractivity contribution is 5.88. The van der Waals surface area contributed by atoms with Gasteiger partial charge in [-0.05, 0) is 49.2 Å². The van der Waals surface area contributed by atoms with Crippen LogP contribution < -0.4 is 0 Å². The molecule has 134 valence electrons. The minimum absolute atomic E-state index is 0.121. The Kier molecular flexibility index (Phi) is 3.75. The van der Waals surface area contributed by atoms with Crippen LogP contribution in [0.3, 0.4) is 0 Å². The molecule has 0 amide bonds. The van der Waals surface area contributed by atoms with Gasteiger partial charge in [0.05, 0.1) is 22.2 Å². The van der Waals surface area contributed by atoms with Gasteiger partial charge >= 0.3 is 12.1 Å². The van der Waals surface area contributed by atoms with Crippen molar-refractivity contribution >= 4 is 17.0 Å². The summed E-state index contributed by atoms with van der Waals surface area (Å²) >= 11 is 0. The lowest BCUT2D eigenvalue weighted by Gasteiger charge is -2.25. The number of hydrogen-bond donors (Lipinski definition) is 1. The van der Waals surface area contributed by atoms with Crippen molar-refractivity contribution in [2.75, 3.05) is 0 Å². The number of hydrogen-bond acceptors (Lipinski definition) is 2. The minimum Gasteiger partial charge on any atom is -0.478 e. The van der Waals surface area contributed by atoms with Crippen molar-refractivity contribution in [2.45, 2.75) is 31.4 Å².